The van der Waals surface area contributed by atoms with E-state index in [9.17, 15) is 22.8 Å². The number of alkyl halides is 3. The Kier molecular flexibility index (Phi) is 5.66. The van der Waals surface area contributed by atoms with E-state index >= 15 is 0 Å². The van der Waals surface area contributed by atoms with Gasteiger partial charge in [-0.2, -0.15) is 13.2 Å². The second-order valence-corrected chi connectivity index (χ2v) is 6.82. The van der Waals surface area contributed by atoms with Crippen molar-refractivity contribution in [1.29, 1.82) is 0 Å². The molecule has 2 N–H and O–H groups in total. The first-order valence-electron chi connectivity index (χ1n) is 7.73. The number of carbonyl (C=O) groups is 2. The summed E-state index contributed by atoms with van der Waals surface area (Å²) in [6.07, 6.45) is -4.45. The van der Waals surface area contributed by atoms with Crippen LogP contribution in [0.2, 0.25) is 5.02 Å². The summed E-state index contributed by atoms with van der Waals surface area (Å²) in [6.45, 7) is 0. The maximum absolute atomic E-state index is 12.6. The summed E-state index contributed by atoms with van der Waals surface area (Å²) in [6, 6.07) is 10.3. The van der Waals surface area contributed by atoms with Crippen molar-refractivity contribution in [1.82, 2.24) is 4.98 Å². The Morgan fingerprint density at radius 3 is 2.18 bits per heavy atom. The molecule has 5 nitrogen and oxygen atoms in total. The maximum atomic E-state index is 12.6. The van der Waals surface area contributed by atoms with E-state index in [1.807, 2.05) is 0 Å². The number of hydrogen-bond donors (Lipinski definition) is 2. The highest BCUT2D eigenvalue weighted by Crippen LogP contribution is 2.30. The van der Waals surface area contributed by atoms with Gasteiger partial charge in [0, 0.05) is 21.7 Å². The van der Waals surface area contributed by atoms with Crippen LogP contribution in [0.25, 0.3) is 0 Å². The molecule has 0 spiro atoms. The van der Waals surface area contributed by atoms with E-state index in [0.717, 1.165) is 35.6 Å². The molecule has 2 aromatic carbocycles. The lowest BCUT2D eigenvalue weighted by atomic mass is 10.2. The maximum Gasteiger partial charge on any atom is 0.416 e. The van der Waals surface area contributed by atoms with Crippen LogP contribution >= 0.6 is 22.9 Å². The number of rotatable bonds is 4. The topological polar surface area (TPSA) is 71.1 Å². The molecule has 0 fully saturated rings. The Morgan fingerprint density at radius 2 is 1.57 bits per heavy atom. The average Bonchev–Trinajstić information content (AvgIpc) is 3.10. The minimum atomic E-state index is -4.45. The zero-order valence-electron chi connectivity index (χ0n) is 13.9. The largest absolute Gasteiger partial charge is 0.416 e. The van der Waals surface area contributed by atoms with Gasteiger partial charge in [-0.05, 0) is 48.5 Å². The Morgan fingerprint density at radius 1 is 0.929 bits per heavy atom. The Bertz CT molecular complexity index is 1000. The van der Waals surface area contributed by atoms with Crippen molar-refractivity contribution in [2.24, 2.45) is 0 Å². The monoisotopic (exact) mass is 425 g/mol. The van der Waals surface area contributed by atoms with Crippen LogP contribution in [0.3, 0.4) is 0 Å². The number of nitrogens with zero attached hydrogens (tertiary/aromatic N) is 1. The van der Waals surface area contributed by atoms with Gasteiger partial charge in [-0.3, -0.25) is 14.9 Å². The van der Waals surface area contributed by atoms with Gasteiger partial charge < -0.3 is 5.32 Å². The summed E-state index contributed by atoms with van der Waals surface area (Å²) in [5.41, 5.74) is -0.226. The number of anilines is 2. The van der Waals surface area contributed by atoms with E-state index in [1.54, 1.807) is 24.3 Å². The third-order valence-electron chi connectivity index (χ3n) is 3.53. The van der Waals surface area contributed by atoms with Crippen LogP contribution in [0.5, 0.6) is 0 Å². The molecule has 2 amide bonds. The van der Waals surface area contributed by atoms with Crippen molar-refractivity contribution in [2.45, 2.75) is 6.18 Å². The van der Waals surface area contributed by atoms with Crippen LogP contribution in [0, 0.1) is 0 Å². The van der Waals surface area contributed by atoms with Crippen LogP contribution in [0.1, 0.15) is 26.4 Å². The Labute approximate surface area is 166 Å². The molecule has 10 heteroatoms. The quantitative estimate of drug-likeness (QED) is 0.594. The lowest BCUT2D eigenvalue weighted by Gasteiger charge is -2.08. The highest BCUT2D eigenvalue weighted by atomic mass is 35.5. The smallest absolute Gasteiger partial charge is 0.321 e. The summed E-state index contributed by atoms with van der Waals surface area (Å²) < 4.78 is 37.7. The van der Waals surface area contributed by atoms with Crippen molar-refractivity contribution in [2.75, 3.05) is 10.6 Å². The van der Waals surface area contributed by atoms with Gasteiger partial charge in [-0.1, -0.05) is 11.6 Å². The number of halogens is 4. The van der Waals surface area contributed by atoms with Crippen molar-refractivity contribution in [3.63, 3.8) is 0 Å². The van der Waals surface area contributed by atoms with Crippen molar-refractivity contribution in [3.8, 4) is 0 Å². The number of hydrogen-bond acceptors (Lipinski definition) is 4. The predicted octanol–water partition coefficient (Wildman–Crippen LogP) is 5.32. The molecule has 144 valence electrons. The van der Waals surface area contributed by atoms with E-state index in [4.69, 9.17) is 11.6 Å². The third kappa shape index (κ3) is 4.87. The molecule has 0 saturated carbocycles. The van der Waals surface area contributed by atoms with Crippen LogP contribution in [0.15, 0.2) is 53.9 Å². The van der Waals surface area contributed by atoms with Gasteiger partial charge >= 0.3 is 6.18 Å². The molecule has 28 heavy (non-hydrogen) atoms. The lowest BCUT2D eigenvalue weighted by Crippen LogP contribution is -2.14. The fourth-order valence-corrected chi connectivity index (χ4v) is 2.96. The summed E-state index contributed by atoms with van der Waals surface area (Å²) in [7, 11) is 0. The molecule has 0 bridgehead atoms. The molecule has 3 aromatic rings. The Hall–Kier alpha value is -2.91. The SMILES string of the molecule is O=C(Nc1nc(C(=O)Nc2ccc(C(F)(F)F)cc2)cs1)c1ccc(Cl)cc1. The van der Waals surface area contributed by atoms with Crippen LogP contribution < -0.4 is 10.6 Å². The number of nitrogens with one attached hydrogen (secondary N) is 2. The lowest BCUT2D eigenvalue weighted by molar-refractivity contribution is -0.137. The number of benzene rings is 2. The fraction of sp³-hybridized carbons (Fsp3) is 0.0556. The first-order valence-corrected chi connectivity index (χ1v) is 8.99. The average molecular weight is 426 g/mol. The molecular weight excluding hydrogens is 415 g/mol. The van der Waals surface area contributed by atoms with Crippen LogP contribution in [-0.4, -0.2) is 16.8 Å². The standard InChI is InChI=1S/C18H11ClF3N3O2S/c19-12-5-1-10(2-6-12)15(26)25-17-24-14(9-28-17)16(27)23-13-7-3-11(4-8-13)18(20,21)22/h1-9H,(H,23,27)(H,24,25,26). The zero-order valence-corrected chi connectivity index (χ0v) is 15.5. The Balaban J connectivity index is 1.63. The molecule has 0 radical (unpaired) electrons. The van der Waals surface area contributed by atoms with E-state index in [1.165, 1.54) is 5.38 Å². The molecule has 0 aliphatic rings. The first-order chi connectivity index (χ1) is 13.2. The van der Waals surface area contributed by atoms with Gasteiger partial charge in [-0.15, -0.1) is 11.3 Å². The highest BCUT2D eigenvalue weighted by molar-refractivity contribution is 7.14. The van der Waals surface area contributed by atoms with Gasteiger partial charge in [0.25, 0.3) is 11.8 Å². The van der Waals surface area contributed by atoms with Gasteiger partial charge in [0.1, 0.15) is 5.69 Å². The zero-order chi connectivity index (χ0) is 20.3. The minimum Gasteiger partial charge on any atom is -0.321 e. The number of amides is 2. The van der Waals surface area contributed by atoms with Crippen LogP contribution in [0.4, 0.5) is 24.0 Å². The number of carbonyl (C=O) groups excluding carboxylic acids is 2. The molecule has 0 saturated heterocycles. The normalized spacial score (nSPS) is 11.1. The molecule has 0 aliphatic carbocycles. The number of thiazole rings is 1. The van der Waals surface area contributed by atoms with Gasteiger partial charge in [0.2, 0.25) is 0 Å². The van der Waals surface area contributed by atoms with Crippen molar-refractivity contribution in [3.05, 3.63) is 75.8 Å². The molecular formula is C18H11ClF3N3O2S. The molecule has 1 heterocycles. The van der Waals surface area contributed by atoms with Crippen molar-refractivity contribution < 1.29 is 22.8 Å². The highest BCUT2D eigenvalue weighted by Gasteiger charge is 2.30. The summed E-state index contributed by atoms with van der Waals surface area (Å²) in [5.74, 6) is -1.02. The van der Waals surface area contributed by atoms with Crippen LogP contribution in [-0.2, 0) is 6.18 Å². The fourth-order valence-electron chi connectivity index (χ4n) is 2.14. The first kappa shape index (κ1) is 19.8. The summed E-state index contributed by atoms with van der Waals surface area (Å²) >= 11 is 6.81. The van der Waals surface area contributed by atoms with E-state index in [2.05, 4.69) is 15.6 Å². The molecule has 3 rings (SSSR count). The van der Waals surface area contributed by atoms with Gasteiger partial charge in [-0.25, -0.2) is 4.98 Å². The van der Waals surface area contributed by atoms with E-state index in [0.29, 0.717) is 10.6 Å². The minimum absolute atomic E-state index is 0.0244. The molecule has 1 aromatic heterocycles. The third-order valence-corrected chi connectivity index (χ3v) is 4.54. The van der Waals surface area contributed by atoms with Crippen molar-refractivity contribution >= 4 is 45.6 Å². The number of aromatic nitrogens is 1. The second kappa shape index (κ2) is 7.99. The second-order valence-electron chi connectivity index (χ2n) is 5.53. The predicted molar refractivity (Wildman–Crippen MR) is 101 cm³/mol. The van der Waals surface area contributed by atoms with E-state index in [-0.39, 0.29) is 16.5 Å². The summed E-state index contributed by atoms with van der Waals surface area (Å²) in [4.78, 5) is 28.3. The van der Waals surface area contributed by atoms with E-state index < -0.39 is 23.6 Å². The molecule has 0 unspecified atom stereocenters. The van der Waals surface area contributed by atoms with Gasteiger partial charge in [0.15, 0.2) is 5.13 Å². The molecule has 0 aliphatic heterocycles. The van der Waals surface area contributed by atoms with Gasteiger partial charge in [0.05, 0.1) is 5.56 Å². The summed E-state index contributed by atoms with van der Waals surface area (Å²) in [5, 5.41) is 7.14. The molecule has 0 atom stereocenters.